The van der Waals surface area contributed by atoms with Gasteiger partial charge in [-0.3, -0.25) is 14.5 Å². The Kier molecular flexibility index (Phi) is 5.92. The fraction of sp³-hybridized carbons (Fsp3) is 0.154. The number of hydrogen-bond donors (Lipinski definition) is 1. The van der Waals surface area contributed by atoms with Crippen molar-refractivity contribution in [3.8, 4) is 17.0 Å². The van der Waals surface area contributed by atoms with Gasteiger partial charge < -0.3 is 9.47 Å². The largest absolute Gasteiger partial charge is 0.497 e. The second-order valence-corrected chi connectivity index (χ2v) is 8.92. The van der Waals surface area contributed by atoms with Gasteiger partial charge in [0, 0.05) is 11.1 Å². The first kappa shape index (κ1) is 22.5. The van der Waals surface area contributed by atoms with Gasteiger partial charge in [0.15, 0.2) is 4.80 Å². The molecule has 4 aromatic rings. The molecule has 1 aliphatic rings. The number of hydrogen-bond acceptors (Lipinski definition) is 7. The molecule has 35 heavy (non-hydrogen) atoms. The lowest BCUT2D eigenvalue weighted by Gasteiger charge is -2.24. The van der Waals surface area contributed by atoms with Crippen molar-refractivity contribution in [3.05, 3.63) is 103 Å². The first-order valence-corrected chi connectivity index (χ1v) is 11.7. The van der Waals surface area contributed by atoms with Crippen molar-refractivity contribution in [2.75, 3.05) is 14.2 Å². The summed E-state index contributed by atoms with van der Waals surface area (Å²) in [6.45, 7) is 1.75. The summed E-state index contributed by atoms with van der Waals surface area (Å²) in [5.74, 6) is 0.150. The predicted octanol–water partition coefficient (Wildman–Crippen LogP) is 2.81. The molecule has 0 fully saturated rings. The summed E-state index contributed by atoms with van der Waals surface area (Å²) in [6.07, 6.45) is 3.49. The maximum absolute atomic E-state index is 13.7. The van der Waals surface area contributed by atoms with E-state index < -0.39 is 12.0 Å². The number of rotatable bonds is 5. The molecule has 0 saturated carbocycles. The van der Waals surface area contributed by atoms with E-state index in [9.17, 15) is 9.59 Å². The number of H-pyrrole nitrogens is 1. The molecule has 1 atom stereocenters. The van der Waals surface area contributed by atoms with Gasteiger partial charge in [-0.05, 0) is 30.7 Å². The van der Waals surface area contributed by atoms with E-state index in [1.165, 1.54) is 18.4 Å². The van der Waals surface area contributed by atoms with Gasteiger partial charge in [-0.2, -0.15) is 5.10 Å². The molecule has 0 saturated heterocycles. The van der Waals surface area contributed by atoms with E-state index in [1.54, 1.807) is 43.0 Å². The molecule has 0 spiro atoms. The minimum atomic E-state index is -0.676. The number of thiazole rings is 1. The highest BCUT2D eigenvalue weighted by atomic mass is 32.1. The summed E-state index contributed by atoms with van der Waals surface area (Å²) in [6, 6.07) is 16.4. The summed E-state index contributed by atoms with van der Waals surface area (Å²) < 4.78 is 12.4. The van der Waals surface area contributed by atoms with Crippen LogP contribution in [0.1, 0.15) is 24.1 Å². The number of methoxy groups -OCH3 is 2. The van der Waals surface area contributed by atoms with Gasteiger partial charge in [0.05, 0.1) is 48.0 Å². The Bertz CT molecular complexity index is 1610. The smallest absolute Gasteiger partial charge is 0.338 e. The average molecular weight is 487 g/mol. The second-order valence-electron chi connectivity index (χ2n) is 7.91. The van der Waals surface area contributed by atoms with Crippen LogP contribution in [0, 0.1) is 0 Å². The normalized spacial score (nSPS) is 15.5. The number of fused-ring (bicyclic) bond motifs is 1. The van der Waals surface area contributed by atoms with E-state index in [2.05, 4.69) is 15.2 Å². The minimum Gasteiger partial charge on any atom is -0.497 e. The number of aromatic nitrogens is 3. The van der Waals surface area contributed by atoms with Gasteiger partial charge in [0.2, 0.25) is 0 Å². The van der Waals surface area contributed by atoms with Crippen LogP contribution < -0.4 is 19.6 Å². The first-order chi connectivity index (χ1) is 17.0. The van der Waals surface area contributed by atoms with E-state index in [-0.39, 0.29) is 5.56 Å². The van der Waals surface area contributed by atoms with Crippen molar-refractivity contribution in [1.82, 2.24) is 14.8 Å². The highest BCUT2D eigenvalue weighted by Crippen LogP contribution is 2.31. The van der Waals surface area contributed by atoms with E-state index in [0.29, 0.717) is 26.4 Å². The van der Waals surface area contributed by atoms with Crippen molar-refractivity contribution in [2.24, 2.45) is 4.99 Å². The summed E-state index contributed by atoms with van der Waals surface area (Å²) in [5.41, 5.74) is 3.90. The molecule has 3 heterocycles. The molecular weight excluding hydrogens is 464 g/mol. The van der Waals surface area contributed by atoms with Gasteiger partial charge in [-0.25, -0.2) is 9.79 Å². The molecule has 8 nitrogen and oxygen atoms in total. The predicted molar refractivity (Wildman–Crippen MR) is 133 cm³/mol. The lowest BCUT2D eigenvalue weighted by Crippen LogP contribution is -2.39. The Morgan fingerprint density at radius 3 is 2.54 bits per heavy atom. The van der Waals surface area contributed by atoms with Crippen LogP contribution in [-0.2, 0) is 9.53 Å². The standard InChI is InChI=1S/C26H22N4O4S/c1-15-21(25(32)34-3)23(17-9-11-19(33-2)12-10-17)30-24(31)20(35-26(30)28-15)13-18-14-27-29-22(18)16-7-5-4-6-8-16/h4-14,23H,1-3H3,(H,27,29)/t23-/m0/s1. The molecule has 9 heteroatoms. The van der Waals surface area contributed by atoms with Crippen molar-refractivity contribution >= 4 is 23.4 Å². The zero-order valence-electron chi connectivity index (χ0n) is 19.3. The number of esters is 1. The SMILES string of the molecule is COC(=O)C1=C(C)N=c2sc(=Cc3cn[nH]c3-c3ccccc3)c(=O)n2[C@H]1c1ccc(OC)cc1. The van der Waals surface area contributed by atoms with Crippen LogP contribution in [0.25, 0.3) is 17.3 Å². The van der Waals surface area contributed by atoms with Crippen molar-refractivity contribution in [3.63, 3.8) is 0 Å². The highest BCUT2D eigenvalue weighted by Gasteiger charge is 2.33. The molecule has 0 bridgehead atoms. The lowest BCUT2D eigenvalue weighted by atomic mass is 9.96. The summed E-state index contributed by atoms with van der Waals surface area (Å²) in [5, 5.41) is 7.19. The van der Waals surface area contributed by atoms with Crippen LogP contribution in [0.5, 0.6) is 5.75 Å². The molecule has 2 aromatic carbocycles. The third-order valence-corrected chi connectivity index (χ3v) is 6.86. The molecule has 0 radical (unpaired) electrons. The highest BCUT2D eigenvalue weighted by molar-refractivity contribution is 7.07. The van der Waals surface area contributed by atoms with Gasteiger partial charge >= 0.3 is 5.97 Å². The Morgan fingerprint density at radius 1 is 1.11 bits per heavy atom. The number of carbonyl (C=O) groups excluding carboxylic acids is 1. The van der Waals surface area contributed by atoms with E-state index in [1.807, 2.05) is 42.5 Å². The van der Waals surface area contributed by atoms with Crippen LogP contribution in [0.3, 0.4) is 0 Å². The first-order valence-electron chi connectivity index (χ1n) is 10.9. The monoisotopic (exact) mass is 486 g/mol. The van der Waals surface area contributed by atoms with Crippen molar-refractivity contribution in [2.45, 2.75) is 13.0 Å². The number of nitrogens with one attached hydrogen (secondary N) is 1. The maximum atomic E-state index is 13.7. The Labute approximate surface area is 204 Å². The summed E-state index contributed by atoms with van der Waals surface area (Å²) in [7, 11) is 2.91. The third-order valence-electron chi connectivity index (χ3n) is 5.88. The molecule has 1 N–H and O–H groups in total. The van der Waals surface area contributed by atoms with Crippen LogP contribution in [-0.4, -0.2) is 35.0 Å². The second kappa shape index (κ2) is 9.19. The molecular formula is C26H22N4O4S. The Hall–Kier alpha value is -4.24. The van der Waals surface area contributed by atoms with Crippen LogP contribution >= 0.6 is 11.3 Å². The fourth-order valence-electron chi connectivity index (χ4n) is 4.18. The van der Waals surface area contributed by atoms with Crippen LogP contribution in [0.15, 0.2) is 81.9 Å². The summed E-state index contributed by atoms with van der Waals surface area (Å²) in [4.78, 5) is 31.6. The Morgan fingerprint density at radius 2 is 1.86 bits per heavy atom. The third kappa shape index (κ3) is 4.00. The summed E-state index contributed by atoms with van der Waals surface area (Å²) >= 11 is 1.27. The number of nitrogens with zero attached hydrogens (tertiary/aromatic N) is 3. The number of aromatic amines is 1. The van der Waals surface area contributed by atoms with Crippen LogP contribution in [0.4, 0.5) is 0 Å². The number of allylic oxidation sites excluding steroid dienone is 1. The molecule has 0 aliphatic carbocycles. The topological polar surface area (TPSA) is 98.6 Å². The zero-order valence-corrected chi connectivity index (χ0v) is 20.1. The molecule has 176 valence electrons. The van der Waals surface area contributed by atoms with Gasteiger partial charge in [-0.15, -0.1) is 0 Å². The lowest BCUT2D eigenvalue weighted by molar-refractivity contribution is -0.136. The molecule has 0 unspecified atom stereocenters. The maximum Gasteiger partial charge on any atom is 0.338 e. The fourth-order valence-corrected chi connectivity index (χ4v) is 5.21. The minimum absolute atomic E-state index is 0.247. The quantitative estimate of drug-likeness (QED) is 0.438. The van der Waals surface area contributed by atoms with Gasteiger partial charge in [0.1, 0.15) is 5.75 Å². The molecule has 0 amide bonds. The van der Waals surface area contributed by atoms with Crippen molar-refractivity contribution in [1.29, 1.82) is 0 Å². The molecule has 1 aliphatic heterocycles. The van der Waals surface area contributed by atoms with E-state index >= 15 is 0 Å². The zero-order chi connectivity index (χ0) is 24.5. The number of benzene rings is 2. The van der Waals surface area contributed by atoms with Gasteiger partial charge in [-0.1, -0.05) is 53.8 Å². The van der Waals surface area contributed by atoms with Crippen molar-refractivity contribution < 1.29 is 14.3 Å². The van der Waals surface area contributed by atoms with E-state index in [0.717, 1.165) is 22.4 Å². The molecule has 2 aromatic heterocycles. The van der Waals surface area contributed by atoms with E-state index in [4.69, 9.17) is 9.47 Å². The Balaban J connectivity index is 1.70. The molecule has 5 rings (SSSR count). The number of ether oxygens (including phenoxy) is 2. The number of carbonyl (C=O) groups is 1. The van der Waals surface area contributed by atoms with Crippen LogP contribution in [0.2, 0.25) is 0 Å². The van der Waals surface area contributed by atoms with Gasteiger partial charge in [0.25, 0.3) is 5.56 Å². The average Bonchev–Trinajstić information content (AvgIpc) is 3.47.